The first-order valence-corrected chi connectivity index (χ1v) is 1.88. The Labute approximate surface area is 46.0 Å². The molecule has 0 aliphatic heterocycles. The zero-order valence-corrected chi connectivity index (χ0v) is 4.27. The molecule has 0 spiro atoms. The summed E-state index contributed by atoms with van der Waals surface area (Å²) >= 11 is 9.72. The van der Waals surface area contributed by atoms with E-state index in [1.165, 1.54) is 0 Å². The van der Waals surface area contributed by atoms with Crippen LogP contribution in [0, 0.1) is 12.1 Å². The maximum atomic E-state index is 4.86. The number of hydrogen-bond acceptors (Lipinski definition) is 2. The van der Waals surface area contributed by atoms with Crippen LogP contribution in [0.1, 0.15) is 0 Å². The number of rotatable bonds is 0. The lowest BCUT2D eigenvalue weighted by Crippen LogP contribution is -1.87. The summed E-state index contributed by atoms with van der Waals surface area (Å²) in [5.41, 5.74) is 0. The molecule has 0 aliphatic rings. The molecule has 2 N–H and O–H groups in total. The third-order valence-corrected chi connectivity index (χ3v) is 0.346. The molecule has 0 atom stereocenters. The minimum absolute atomic E-state index is 2.03. The highest BCUT2D eigenvalue weighted by Gasteiger charge is 1.52. The van der Waals surface area contributed by atoms with Crippen molar-refractivity contribution in [2.24, 2.45) is 0 Å². The zero-order chi connectivity index (χ0) is 4.83. The number of nitrogens with one attached hydrogen (secondary N) is 2. The molecule has 0 aromatic heterocycles. The third kappa shape index (κ3) is 3.74. The van der Waals surface area contributed by atoms with Crippen LogP contribution in [0.2, 0.25) is 0 Å². The van der Waals surface area contributed by atoms with E-state index < -0.39 is 0 Å². The van der Waals surface area contributed by atoms with E-state index in [1.807, 2.05) is 9.67 Å². The molecule has 0 aromatic rings. The molecular formula is C2H2Cl2N2. The smallest absolute Gasteiger partial charge is 0.0449 e. The molecule has 0 amide bonds. The summed E-state index contributed by atoms with van der Waals surface area (Å²) in [6, 6.07) is 4.44. The molecule has 0 aliphatic carbocycles. The van der Waals surface area contributed by atoms with Gasteiger partial charge in [0.15, 0.2) is 0 Å². The largest absolute Gasteiger partial charge is 0.256 e. The average molecular weight is 125 g/mol. The number of hydrogen-bond donors (Lipinski definition) is 2. The molecule has 2 nitrogen and oxygen atoms in total. The Balaban J connectivity index is 2.90. The Morgan fingerprint density at radius 2 is 1.33 bits per heavy atom. The SMILES string of the molecule is ClNC#CNCl. The monoisotopic (exact) mass is 124 g/mol. The van der Waals surface area contributed by atoms with E-state index in [0.29, 0.717) is 0 Å². The predicted octanol–water partition coefficient (Wildman–Crippen LogP) is 0.392. The summed E-state index contributed by atoms with van der Waals surface area (Å²) < 4.78 is 0. The van der Waals surface area contributed by atoms with E-state index in [4.69, 9.17) is 23.6 Å². The molecule has 4 heteroatoms. The molecular weight excluding hydrogens is 123 g/mol. The van der Waals surface area contributed by atoms with Crippen molar-refractivity contribution in [3.8, 4) is 12.1 Å². The van der Waals surface area contributed by atoms with Crippen LogP contribution in [0.15, 0.2) is 0 Å². The molecule has 34 valence electrons. The van der Waals surface area contributed by atoms with Crippen molar-refractivity contribution in [2.45, 2.75) is 0 Å². The summed E-state index contributed by atoms with van der Waals surface area (Å²) in [4.78, 5) is 4.07. The maximum Gasteiger partial charge on any atom is 0.0449 e. The second kappa shape index (κ2) is 4.74. The maximum absolute atomic E-state index is 4.86. The van der Waals surface area contributed by atoms with Gasteiger partial charge in [-0.05, 0) is 0 Å². The van der Waals surface area contributed by atoms with E-state index in [9.17, 15) is 0 Å². The second-order valence-corrected chi connectivity index (χ2v) is 0.817. The fraction of sp³-hybridized carbons (Fsp3) is 0. The summed E-state index contributed by atoms with van der Waals surface area (Å²) in [5.74, 6) is 0. The van der Waals surface area contributed by atoms with Crippen LogP contribution in [-0.2, 0) is 0 Å². The molecule has 6 heavy (non-hydrogen) atoms. The van der Waals surface area contributed by atoms with E-state index in [2.05, 4.69) is 12.1 Å². The van der Waals surface area contributed by atoms with Crippen molar-refractivity contribution >= 4 is 23.6 Å². The van der Waals surface area contributed by atoms with Crippen molar-refractivity contribution in [3.63, 3.8) is 0 Å². The van der Waals surface area contributed by atoms with Gasteiger partial charge in [0.2, 0.25) is 0 Å². The minimum Gasteiger partial charge on any atom is -0.256 e. The highest BCUT2D eigenvalue weighted by molar-refractivity contribution is 6.15. The Hall–Kier alpha value is -0.260. The predicted molar refractivity (Wildman–Crippen MR) is 25.8 cm³/mol. The van der Waals surface area contributed by atoms with Gasteiger partial charge in [0.1, 0.15) is 0 Å². The van der Waals surface area contributed by atoms with Crippen LogP contribution in [-0.4, -0.2) is 0 Å². The molecule has 0 saturated heterocycles. The van der Waals surface area contributed by atoms with Gasteiger partial charge in [0.05, 0.1) is 0 Å². The van der Waals surface area contributed by atoms with Gasteiger partial charge in [0.25, 0.3) is 0 Å². The van der Waals surface area contributed by atoms with Crippen LogP contribution >= 0.6 is 23.6 Å². The minimum atomic E-state index is 2.03. The van der Waals surface area contributed by atoms with Crippen molar-refractivity contribution in [3.05, 3.63) is 0 Å². The summed E-state index contributed by atoms with van der Waals surface area (Å²) in [7, 11) is 0. The lowest BCUT2D eigenvalue weighted by molar-refractivity contribution is 1.42. The standard InChI is InChI=1S/C2H2Cl2N2/c3-5-1-2-6-4/h5-6H. The van der Waals surface area contributed by atoms with Gasteiger partial charge in [-0.25, -0.2) is 0 Å². The van der Waals surface area contributed by atoms with Crippen molar-refractivity contribution in [2.75, 3.05) is 0 Å². The quantitative estimate of drug-likeness (QED) is 0.278. The van der Waals surface area contributed by atoms with Crippen molar-refractivity contribution < 1.29 is 0 Å². The first-order valence-electron chi connectivity index (χ1n) is 1.13. The second-order valence-electron chi connectivity index (χ2n) is 0.439. The average Bonchev–Trinajstić information content (AvgIpc) is 1.61. The van der Waals surface area contributed by atoms with Crippen LogP contribution < -0.4 is 9.67 Å². The molecule has 0 radical (unpaired) electrons. The van der Waals surface area contributed by atoms with E-state index in [1.54, 1.807) is 0 Å². The van der Waals surface area contributed by atoms with Gasteiger partial charge in [-0.2, -0.15) is 0 Å². The Morgan fingerprint density at radius 1 is 1.00 bits per heavy atom. The fourth-order valence-electron chi connectivity index (χ4n) is 0.0472. The van der Waals surface area contributed by atoms with Crippen LogP contribution in [0.5, 0.6) is 0 Å². The molecule has 0 heterocycles. The zero-order valence-electron chi connectivity index (χ0n) is 2.76. The van der Waals surface area contributed by atoms with E-state index in [0.717, 1.165) is 0 Å². The molecule has 0 rings (SSSR count). The summed E-state index contributed by atoms with van der Waals surface area (Å²) in [6.07, 6.45) is 0. The molecule has 0 bridgehead atoms. The van der Waals surface area contributed by atoms with E-state index >= 15 is 0 Å². The van der Waals surface area contributed by atoms with Gasteiger partial charge < -0.3 is 0 Å². The van der Waals surface area contributed by atoms with Crippen molar-refractivity contribution in [1.29, 1.82) is 0 Å². The van der Waals surface area contributed by atoms with Crippen LogP contribution in [0.25, 0.3) is 0 Å². The van der Waals surface area contributed by atoms with Gasteiger partial charge >= 0.3 is 0 Å². The van der Waals surface area contributed by atoms with Gasteiger partial charge in [-0.3, -0.25) is 9.67 Å². The van der Waals surface area contributed by atoms with Crippen LogP contribution in [0.4, 0.5) is 0 Å². The summed E-state index contributed by atoms with van der Waals surface area (Å²) in [5, 5.41) is 0. The number of halogens is 2. The third-order valence-electron chi connectivity index (χ3n) is 0.157. The Bertz CT molecular complexity index is 63.4. The Morgan fingerprint density at radius 3 is 1.50 bits per heavy atom. The highest BCUT2D eigenvalue weighted by Crippen LogP contribution is 1.53. The fourth-order valence-corrected chi connectivity index (χ4v) is 0.142. The van der Waals surface area contributed by atoms with Crippen molar-refractivity contribution in [1.82, 2.24) is 9.67 Å². The Kier molecular flexibility index (Phi) is 4.53. The molecule has 0 unspecified atom stereocenters. The van der Waals surface area contributed by atoms with Gasteiger partial charge in [-0.15, -0.1) is 0 Å². The van der Waals surface area contributed by atoms with Gasteiger partial charge in [-0.1, -0.05) is 0 Å². The molecule has 0 saturated carbocycles. The molecule has 0 aromatic carbocycles. The lowest BCUT2D eigenvalue weighted by Gasteiger charge is -1.70. The molecule has 0 fully saturated rings. The first kappa shape index (κ1) is 5.74. The highest BCUT2D eigenvalue weighted by atomic mass is 35.5. The summed E-state index contributed by atoms with van der Waals surface area (Å²) in [6.45, 7) is 0. The van der Waals surface area contributed by atoms with Gasteiger partial charge in [0, 0.05) is 35.6 Å². The van der Waals surface area contributed by atoms with E-state index in [-0.39, 0.29) is 0 Å². The topological polar surface area (TPSA) is 24.1 Å². The lowest BCUT2D eigenvalue weighted by atomic mass is 11.1. The first-order chi connectivity index (χ1) is 2.91. The normalized spacial score (nSPS) is 5.00. The van der Waals surface area contributed by atoms with Crippen LogP contribution in [0.3, 0.4) is 0 Å².